The van der Waals surface area contributed by atoms with Crippen LogP contribution in [0.25, 0.3) is 6.08 Å². The van der Waals surface area contributed by atoms with Crippen LogP contribution in [0, 0.1) is 11.8 Å². The lowest BCUT2D eigenvalue weighted by Crippen LogP contribution is -1.98. The van der Waals surface area contributed by atoms with Crippen molar-refractivity contribution in [2.75, 3.05) is 6.61 Å². The Morgan fingerprint density at radius 2 is 1.75 bits per heavy atom. The van der Waals surface area contributed by atoms with Gasteiger partial charge in [0.15, 0.2) is 9.84 Å². The van der Waals surface area contributed by atoms with E-state index in [0.29, 0.717) is 12.3 Å². The highest BCUT2D eigenvalue weighted by molar-refractivity contribution is 7.94. The summed E-state index contributed by atoms with van der Waals surface area (Å²) < 4.78 is 30.0. The van der Waals surface area contributed by atoms with E-state index >= 15 is 0 Å². The van der Waals surface area contributed by atoms with Crippen LogP contribution < -0.4 is 10.5 Å². The summed E-state index contributed by atoms with van der Waals surface area (Å²) in [5.74, 6) is 6.09. The molecule has 0 bridgehead atoms. The van der Waals surface area contributed by atoms with Gasteiger partial charge in [-0.1, -0.05) is 30.2 Å². The van der Waals surface area contributed by atoms with Gasteiger partial charge in [0.05, 0.1) is 4.90 Å². The molecule has 0 aliphatic heterocycles. The molecule has 2 rings (SSSR count). The van der Waals surface area contributed by atoms with Crippen molar-refractivity contribution in [3.63, 3.8) is 0 Å². The van der Waals surface area contributed by atoms with Crippen molar-refractivity contribution in [2.24, 2.45) is 5.73 Å². The van der Waals surface area contributed by atoms with E-state index in [2.05, 4.69) is 11.8 Å². The molecule has 5 heteroatoms. The predicted molar refractivity (Wildman–Crippen MR) is 95.9 cm³/mol. The van der Waals surface area contributed by atoms with Crippen molar-refractivity contribution in [3.05, 3.63) is 65.1 Å². The van der Waals surface area contributed by atoms with Crippen LogP contribution in [0.3, 0.4) is 0 Å². The summed E-state index contributed by atoms with van der Waals surface area (Å²) >= 11 is 0. The minimum Gasteiger partial charge on any atom is -0.481 e. The molecule has 0 radical (unpaired) electrons. The van der Waals surface area contributed by atoms with Crippen LogP contribution in [0.2, 0.25) is 0 Å². The maximum absolute atomic E-state index is 12.3. The van der Waals surface area contributed by atoms with Gasteiger partial charge in [-0.25, -0.2) is 8.42 Å². The van der Waals surface area contributed by atoms with Gasteiger partial charge in [-0.3, -0.25) is 0 Å². The Labute approximate surface area is 142 Å². The molecule has 24 heavy (non-hydrogen) atoms. The molecule has 2 aromatic rings. The maximum atomic E-state index is 12.3. The smallest absolute Gasteiger partial charge is 0.199 e. The molecule has 124 valence electrons. The largest absolute Gasteiger partial charge is 0.481 e. The first kappa shape index (κ1) is 17.8. The average Bonchev–Trinajstić information content (AvgIpc) is 2.61. The van der Waals surface area contributed by atoms with Crippen molar-refractivity contribution in [1.82, 2.24) is 0 Å². The second kappa shape index (κ2) is 8.34. The van der Waals surface area contributed by atoms with Gasteiger partial charge in [0.2, 0.25) is 0 Å². The number of hydrogen-bond donors (Lipinski definition) is 1. The first-order valence-electron chi connectivity index (χ1n) is 7.40. The SMILES string of the molecule is CC#CCOc1ccc(S(=O)(=O)/C=C/c2ccc(CN)cc2)cc1. The topological polar surface area (TPSA) is 69.4 Å². The van der Waals surface area contributed by atoms with Crippen LogP contribution in [0.5, 0.6) is 5.75 Å². The van der Waals surface area contributed by atoms with E-state index in [1.165, 1.54) is 17.5 Å². The quantitative estimate of drug-likeness (QED) is 0.820. The van der Waals surface area contributed by atoms with Gasteiger partial charge in [-0.15, -0.1) is 5.92 Å². The Morgan fingerprint density at radius 3 is 2.33 bits per heavy atom. The van der Waals surface area contributed by atoms with Crippen LogP contribution in [0.1, 0.15) is 18.1 Å². The van der Waals surface area contributed by atoms with Crippen LogP contribution in [0.15, 0.2) is 58.8 Å². The highest BCUT2D eigenvalue weighted by Crippen LogP contribution is 2.18. The number of nitrogens with two attached hydrogens (primary N) is 1. The lowest BCUT2D eigenvalue weighted by Gasteiger charge is -2.04. The molecule has 2 N–H and O–H groups in total. The molecular formula is C19H19NO3S. The Bertz CT molecular complexity index is 856. The number of rotatable bonds is 6. The summed E-state index contributed by atoms with van der Waals surface area (Å²) in [6.07, 6.45) is 1.57. The van der Waals surface area contributed by atoms with Crippen LogP contribution in [-0.4, -0.2) is 15.0 Å². The second-order valence-electron chi connectivity index (χ2n) is 4.98. The van der Waals surface area contributed by atoms with Gasteiger partial charge in [-0.2, -0.15) is 0 Å². The summed E-state index contributed by atoms with van der Waals surface area (Å²) in [4.78, 5) is 0.214. The third-order valence-corrected chi connectivity index (χ3v) is 4.72. The number of sulfone groups is 1. The molecule has 0 heterocycles. The van der Waals surface area contributed by atoms with Gasteiger partial charge in [-0.05, 0) is 48.4 Å². The molecule has 0 fully saturated rings. The molecule has 0 amide bonds. The van der Waals surface area contributed by atoms with Gasteiger partial charge in [0.1, 0.15) is 12.4 Å². The van der Waals surface area contributed by atoms with Crippen molar-refractivity contribution < 1.29 is 13.2 Å². The molecule has 0 aliphatic rings. The molecule has 0 aliphatic carbocycles. The van der Waals surface area contributed by atoms with Gasteiger partial charge >= 0.3 is 0 Å². The van der Waals surface area contributed by atoms with E-state index in [1.54, 1.807) is 25.1 Å². The number of ether oxygens (including phenoxy) is 1. The number of hydrogen-bond acceptors (Lipinski definition) is 4. The van der Waals surface area contributed by atoms with Gasteiger partial charge in [0.25, 0.3) is 0 Å². The van der Waals surface area contributed by atoms with E-state index in [1.807, 2.05) is 24.3 Å². The average molecular weight is 341 g/mol. The first-order valence-corrected chi connectivity index (χ1v) is 8.94. The zero-order chi connectivity index (χ0) is 17.4. The van der Waals surface area contributed by atoms with E-state index in [9.17, 15) is 8.42 Å². The maximum Gasteiger partial charge on any atom is 0.199 e. The minimum atomic E-state index is -3.50. The molecule has 0 atom stereocenters. The standard InChI is InChI=1S/C19H19NO3S/c1-2-3-13-23-18-8-10-19(11-9-18)24(21,22)14-12-16-4-6-17(15-20)7-5-16/h4-12,14H,13,15,20H2,1H3/b14-12+. The molecule has 0 saturated heterocycles. The predicted octanol–water partition coefficient (Wildman–Crippen LogP) is 2.99. The fourth-order valence-corrected chi connectivity index (χ4v) is 2.94. The summed E-state index contributed by atoms with van der Waals surface area (Å²) in [5, 5.41) is 1.20. The van der Waals surface area contributed by atoms with E-state index in [0.717, 1.165) is 11.1 Å². The minimum absolute atomic E-state index is 0.214. The summed E-state index contributed by atoms with van der Waals surface area (Å²) in [5.41, 5.74) is 7.34. The van der Waals surface area contributed by atoms with E-state index < -0.39 is 9.84 Å². The van der Waals surface area contributed by atoms with Crippen molar-refractivity contribution in [2.45, 2.75) is 18.4 Å². The third kappa shape index (κ3) is 4.98. The van der Waals surface area contributed by atoms with Gasteiger partial charge in [0, 0.05) is 12.0 Å². The third-order valence-electron chi connectivity index (χ3n) is 3.30. The lowest BCUT2D eigenvalue weighted by molar-refractivity contribution is 0.370. The fraction of sp³-hybridized carbons (Fsp3) is 0.158. The summed E-state index contributed by atoms with van der Waals surface area (Å²) in [6, 6.07) is 13.7. The Kier molecular flexibility index (Phi) is 6.19. The highest BCUT2D eigenvalue weighted by Gasteiger charge is 2.10. The summed E-state index contributed by atoms with van der Waals surface area (Å²) in [6.45, 7) is 2.47. The second-order valence-corrected chi connectivity index (χ2v) is 6.81. The Balaban J connectivity index is 2.10. The summed E-state index contributed by atoms with van der Waals surface area (Å²) in [7, 11) is -3.50. The molecule has 2 aromatic carbocycles. The molecule has 0 unspecified atom stereocenters. The Hall–Kier alpha value is -2.55. The van der Waals surface area contributed by atoms with Crippen molar-refractivity contribution >= 4 is 15.9 Å². The van der Waals surface area contributed by atoms with Crippen LogP contribution >= 0.6 is 0 Å². The van der Waals surface area contributed by atoms with E-state index in [-0.39, 0.29) is 11.5 Å². The molecule has 4 nitrogen and oxygen atoms in total. The van der Waals surface area contributed by atoms with Crippen molar-refractivity contribution in [3.8, 4) is 17.6 Å². The molecule has 0 saturated carbocycles. The van der Waals surface area contributed by atoms with Crippen LogP contribution in [0.4, 0.5) is 0 Å². The monoisotopic (exact) mass is 341 g/mol. The fourth-order valence-electron chi connectivity index (χ4n) is 1.93. The van der Waals surface area contributed by atoms with Crippen molar-refractivity contribution in [1.29, 1.82) is 0 Å². The van der Waals surface area contributed by atoms with Crippen LogP contribution in [-0.2, 0) is 16.4 Å². The van der Waals surface area contributed by atoms with E-state index in [4.69, 9.17) is 10.5 Å². The zero-order valence-electron chi connectivity index (χ0n) is 13.4. The molecule has 0 aromatic heterocycles. The highest BCUT2D eigenvalue weighted by atomic mass is 32.2. The van der Waals surface area contributed by atoms with Gasteiger partial charge < -0.3 is 10.5 Å². The molecule has 0 spiro atoms. The Morgan fingerprint density at radius 1 is 1.08 bits per heavy atom. The number of benzene rings is 2. The normalized spacial score (nSPS) is 11.1. The lowest BCUT2D eigenvalue weighted by atomic mass is 10.1. The zero-order valence-corrected chi connectivity index (χ0v) is 14.2. The first-order chi connectivity index (χ1) is 11.5. The molecular weight excluding hydrogens is 322 g/mol.